The molecule has 0 saturated carbocycles. The minimum Gasteiger partial charge on any atom is -0.493 e. The average molecular weight is 464 g/mol. The van der Waals surface area contributed by atoms with Crippen LogP contribution >= 0.6 is 11.3 Å². The standard InChI is InChI=1S/C25H25N3O4S/c29-25(31-16-19-15-26-17-33-19)28-12-9-18(10-13-28)11-14-30-22-7-3-1-5-20(22)24-27-21-6-2-4-8-23(21)32-24/h1-8,15,17-18H,9-14,16H2. The van der Waals surface area contributed by atoms with Crippen molar-refractivity contribution in [1.82, 2.24) is 14.9 Å². The zero-order chi connectivity index (χ0) is 22.5. The first-order valence-electron chi connectivity index (χ1n) is 11.1. The molecule has 4 aromatic rings. The predicted octanol–water partition coefficient (Wildman–Crippen LogP) is 5.77. The SMILES string of the molecule is O=C(OCc1cncs1)N1CCC(CCOc2ccccc2-c2nc3ccccc3o2)CC1. The quantitative estimate of drug-likeness (QED) is 0.346. The first kappa shape index (κ1) is 21.5. The molecule has 3 heterocycles. The maximum absolute atomic E-state index is 12.3. The lowest BCUT2D eigenvalue weighted by Crippen LogP contribution is -2.39. The molecule has 0 bridgehead atoms. The van der Waals surface area contributed by atoms with Crippen LogP contribution in [-0.2, 0) is 11.3 Å². The van der Waals surface area contributed by atoms with Gasteiger partial charge in [0.2, 0.25) is 5.89 Å². The summed E-state index contributed by atoms with van der Waals surface area (Å²) >= 11 is 1.49. The second-order valence-electron chi connectivity index (χ2n) is 8.07. The van der Waals surface area contributed by atoms with Crippen LogP contribution in [0.1, 0.15) is 24.1 Å². The van der Waals surface area contributed by atoms with Crippen molar-refractivity contribution >= 4 is 28.5 Å². The number of amides is 1. The Morgan fingerprint density at radius 1 is 1.12 bits per heavy atom. The lowest BCUT2D eigenvalue weighted by molar-refractivity contribution is 0.0807. The lowest BCUT2D eigenvalue weighted by Gasteiger charge is -2.31. The van der Waals surface area contributed by atoms with Crippen LogP contribution in [0.4, 0.5) is 4.79 Å². The Morgan fingerprint density at radius 3 is 2.76 bits per heavy atom. The van der Waals surface area contributed by atoms with E-state index in [1.54, 1.807) is 16.6 Å². The van der Waals surface area contributed by atoms with Gasteiger partial charge in [0.05, 0.1) is 22.6 Å². The number of nitrogens with zero attached hydrogens (tertiary/aromatic N) is 3. The van der Waals surface area contributed by atoms with Crippen molar-refractivity contribution in [2.75, 3.05) is 19.7 Å². The summed E-state index contributed by atoms with van der Waals surface area (Å²) in [5.74, 6) is 1.86. The van der Waals surface area contributed by atoms with Crippen LogP contribution < -0.4 is 4.74 Å². The van der Waals surface area contributed by atoms with Gasteiger partial charge in [0.25, 0.3) is 0 Å². The molecule has 7 nitrogen and oxygen atoms in total. The van der Waals surface area contributed by atoms with Gasteiger partial charge in [0, 0.05) is 19.3 Å². The van der Waals surface area contributed by atoms with E-state index in [4.69, 9.17) is 13.9 Å². The summed E-state index contributed by atoms with van der Waals surface area (Å²) in [5.41, 5.74) is 4.19. The highest BCUT2D eigenvalue weighted by Gasteiger charge is 2.24. The molecule has 1 aliphatic rings. The number of para-hydroxylation sites is 3. The highest BCUT2D eigenvalue weighted by atomic mass is 32.1. The Kier molecular flexibility index (Phi) is 6.53. The molecule has 33 heavy (non-hydrogen) atoms. The number of thiazole rings is 1. The first-order chi connectivity index (χ1) is 16.3. The minimum absolute atomic E-state index is 0.245. The molecular formula is C25H25N3O4S. The Morgan fingerprint density at radius 2 is 1.94 bits per heavy atom. The molecular weight excluding hydrogens is 438 g/mol. The normalized spacial score (nSPS) is 14.5. The number of aromatic nitrogens is 2. The summed E-state index contributed by atoms with van der Waals surface area (Å²) < 4.78 is 17.5. The van der Waals surface area contributed by atoms with E-state index in [2.05, 4.69) is 9.97 Å². The van der Waals surface area contributed by atoms with Crippen LogP contribution in [0.5, 0.6) is 5.75 Å². The van der Waals surface area contributed by atoms with Crippen molar-refractivity contribution in [1.29, 1.82) is 0 Å². The van der Waals surface area contributed by atoms with E-state index in [1.165, 1.54) is 11.3 Å². The molecule has 0 atom stereocenters. The molecule has 0 N–H and O–H groups in total. The smallest absolute Gasteiger partial charge is 0.410 e. The van der Waals surface area contributed by atoms with Crippen LogP contribution in [-0.4, -0.2) is 40.7 Å². The molecule has 2 aromatic carbocycles. The van der Waals surface area contributed by atoms with Gasteiger partial charge in [-0.3, -0.25) is 4.98 Å². The molecule has 1 fully saturated rings. The van der Waals surface area contributed by atoms with Crippen molar-refractivity contribution in [3.63, 3.8) is 0 Å². The van der Waals surface area contributed by atoms with Crippen molar-refractivity contribution in [2.45, 2.75) is 25.9 Å². The van der Waals surface area contributed by atoms with Crippen molar-refractivity contribution < 1.29 is 18.7 Å². The summed E-state index contributed by atoms with van der Waals surface area (Å²) in [5, 5.41) is 0. The van der Waals surface area contributed by atoms with Crippen LogP contribution in [0.3, 0.4) is 0 Å². The number of carbonyl (C=O) groups is 1. The maximum atomic E-state index is 12.3. The van der Waals surface area contributed by atoms with Gasteiger partial charge in [-0.25, -0.2) is 9.78 Å². The molecule has 170 valence electrons. The van der Waals surface area contributed by atoms with E-state index in [-0.39, 0.29) is 12.7 Å². The molecule has 1 aliphatic heterocycles. The van der Waals surface area contributed by atoms with Crippen LogP contribution in [0, 0.1) is 5.92 Å². The summed E-state index contributed by atoms with van der Waals surface area (Å²) in [6.45, 7) is 2.33. The van der Waals surface area contributed by atoms with Gasteiger partial charge in [-0.05, 0) is 49.4 Å². The fourth-order valence-electron chi connectivity index (χ4n) is 4.03. The second kappa shape index (κ2) is 10.0. The molecule has 8 heteroatoms. The fourth-order valence-corrected chi connectivity index (χ4v) is 4.54. The summed E-state index contributed by atoms with van der Waals surface area (Å²) in [6.07, 6.45) is 4.32. The summed E-state index contributed by atoms with van der Waals surface area (Å²) in [7, 11) is 0. The molecule has 1 amide bonds. The number of likely N-dealkylation sites (tertiary alicyclic amines) is 1. The van der Waals surface area contributed by atoms with Gasteiger partial charge < -0.3 is 18.8 Å². The molecule has 0 aliphatic carbocycles. The van der Waals surface area contributed by atoms with E-state index >= 15 is 0 Å². The van der Waals surface area contributed by atoms with Gasteiger partial charge in [-0.15, -0.1) is 11.3 Å². The third kappa shape index (κ3) is 5.17. The van der Waals surface area contributed by atoms with Crippen molar-refractivity contribution in [3.05, 3.63) is 65.1 Å². The third-order valence-corrected chi connectivity index (χ3v) is 6.64. The Balaban J connectivity index is 1.11. The number of hydrogen-bond acceptors (Lipinski definition) is 7. The first-order valence-corrected chi connectivity index (χ1v) is 12.0. The third-order valence-electron chi connectivity index (χ3n) is 5.89. The Bertz CT molecular complexity index is 1170. The highest BCUT2D eigenvalue weighted by Crippen LogP contribution is 2.32. The highest BCUT2D eigenvalue weighted by molar-refractivity contribution is 7.09. The molecule has 1 saturated heterocycles. The van der Waals surface area contributed by atoms with Gasteiger partial charge in [-0.2, -0.15) is 0 Å². The van der Waals surface area contributed by atoms with E-state index in [0.717, 1.165) is 46.6 Å². The number of ether oxygens (including phenoxy) is 2. The largest absolute Gasteiger partial charge is 0.493 e. The number of fused-ring (bicyclic) bond motifs is 1. The lowest BCUT2D eigenvalue weighted by atomic mass is 9.94. The average Bonchev–Trinajstić information content (AvgIpc) is 3.53. The van der Waals surface area contributed by atoms with Crippen LogP contribution in [0.25, 0.3) is 22.6 Å². The van der Waals surface area contributed by atoms with E-state index in [0.29, 0.717) is 31.5 Å². The van der Waals surface area contributed by atoms with E-state index < -0.39 is 0 Å². The minimum atomic E-state index is -0.245. The number of hydrogen-bond donors (Lipinski definition) is 0. The molecule has 2 aromatic heterocycles. The van der Waals surface area contributed by atoms with Crippen LogP contribution in [0.15, 0.2) is 64.7 Å². The topological polar surface area (TPSA) is 77.7 Å². The van der Waals surface area contributed by atoms with Crippen molar-refractivity contribution in [2.24, 2.45) is 5.92 Å². The van der Waals surface area contributed by atoms with Gasteiger partial charge in [0.15, 0.2) is 5.58 Å². The second-order valence-corrected chi connectivity index (χ2v) is 9.04. The maximum Gasteiger partial charge on any atom is 0.410 e. The van der Waals surface area contributed by atoms with Gasteiger partial charge in [-0.1, -0.05) is 24.3 Å². The van der Waals surface area contributed by atoms with E-state index in [1.807, 2.05) is 48.5 Å². The monoisotopic (exact) mass is 463 g/mol. The Hall–Kier alpha value is -3.39. The molecule has 5 rings (SSSR count). The number of carbonyl (C=O) groups excluding carboxylic acids is 1. The summed E-state index contributed by atoms with van der Waals surface area (Å²) in [6, 6.07) is 15.6. The van der Waals surface area contributed by atoms with Gasteiger partial charge in [0.1, 0.15) is 17.9 Å². The summed E-state index contributed by atoms with van der Waals surface area (Å²) in [4.78, 5) is 23.6. The van der Waals surface area contributed by atoms with Crippen molar-refractivity contribution in [3.8, 4) is 17.2 Å². The van der Waals surface area contributed by atoms with E-state index in [9.17, 15) is 4.79 Å². The number of piperidine rings is 1. The zero-order valence-electron chi connectivity index (χ0n) is 18.2. The number of rotatable bonds is 7. The molecule has 0 unspecified atom stereocenters. The number of benzene rings is 2. The molecule has 0 spiro atoms. The van der Waals surface area contributed by atoms with Gasteiger partial charge >= 0.3 is 6.09 Å². The fraction of sp³-hybridized carbons (Fsp3) is 0.320. The Labute approximate surface area is 196 Å². The zero-order valence-corrected chi connectivity index (χ0v) is 19.0. The number of oxazole rings is 1. The molecule has 0 radical (unpaired) electrons. The predicted molar refractivity (Wildman–Crippen MR) is 126 cm³/mol. The van der Waals surface area contributed by atoms with Crippen LogP contribution in [0.2, 0.25) is 0 Å².